The number of halogens is 3. The van der Waals surface area contributed by atoms with Gasteiger partial charge in [0.2, 0.25) is 0 Å². The van der Waals surface area contributed by atoms with Crippen LogP contribution in [0.2, 0.25) is 5.02 Å². The Labute approximate surface area is 200 Å². The quantitative estimate of drug-likeness (QED) is 0.392. The molecule has 8 heteroatoms. The Kier molecular flexibility index (Phi) is 6.02. The van der Waals surface area contributed by atoms with Gasteiger partial charge in [0.15, 0.2) is 0 Å². The van der Waals surface area contributed by atoms with E-state index in [9.17, 15) is 13.6 Å². The second-order valence-corrected chi connectivity index (χ2v) is 8.45. The normalized spacial score (nSPS) is 13.9. The second kappa shape index (κ2) is 9.27. The number of aromatic nitrogens is 2. The average molecular weight is 479 g/mol. The number of hydrogen-bond donors (Lipinski definition) is 0. The molecule has 1 amide bonds. The van der Waals surface area contributed by atoms with E-state index in [2.05, 4.69) is 5.10 Å². The molecule has 0 saturated carbocycles. The topological polar surface area (TPSA) is 41.4 Å². The Morgan fingerprint density at radius 3 is 2.15 bits per heavy atom. The van der Waals surface area contributed by atoms with Gasteiger partial charge in [-0.2, -0.15) is 5.10 Å². The van der Waals surface area contributed by atoms with Crippen LogP contribution in [0.4, 0.5) is 14.5 Å². The molecule has 34 heavy (non-hydrogen) atoms. The molecule has 1 aliphatic rings. The number of anilines is 1. The Morgan fingerprint density at radius 1 is 0.824 bits per heavy atom. The van der Waals surface area contributed by atoms with Crippen molar-refractivity contribution >= 4 is 23.2 Å². The minimum Gasteiger partial charge on any atom is -0.366 e. The average Bonchev–Trinajstić information content (AvgIpc) is 3.30. The number of nitrogens with zero attached hydrogens (tertiary/aromatic N) is 4. The molecule has 5 nitrogen and oxygen atoms in total. The van der Waals surface area contributed by atoms with Gasteiger partial charge < -0.3 is 9.80 Å². The number of carbonyl (C=O) groups is 1. The molecule has 1 aliphatic heterocycles. The molecule has 0 aliphatic carbocycles. The summed E-state index contributed by atoms with van der Waals surface area (Å²) >= 11 is 6.03. The van der Waals surface area contributed by atoms with Crippen LogP contribution in [0.3, 0.4) is 0 Å². The van der Waals surface area contributed by atoms with Crippen molar-refractivity contribution in [3.05, 3.63) is 101 Å². The first-order chi connectivity index (χ1) is 16.5. The highest BCUT2D eigenvalue weighted by Gasteiger charge is 2.27. The van der Waals surface area contributed by atoms with Crippen LogP contribution in [0, 0.1) is 11.6 Å². The Hall–Kier alpha value is -3.71. The first-order valence-electron chi connectivity index (χ1n) is 10.9. The van der Waals surface area contributed by atoms with Gasteiger partial charge in [-0.05, 0) is 54.6 Å². The molecule has 172 valence electrons. The van der Waals surface area contributed by atoms with Crippen molar-refractivity contribution in [1.29, 1.82) is 0 Å². The second-order valence-electron chi connectivity index (χ2n) is 8.01. The third-order valence-corrected chi connectivity index (χ3v) is 6.16. The van der Waals surface area contributed by atoms with E-state index in [-0.39, 0.29) is 11.7 Å². The first-order valence-corrected chi connectivity index (χ1v) is 11.3. The largest absolute Gasteiger partial charge is 0.366 e. The molecule has 0 radical (unpaired) electrons. The highest BCUT2D eigenvalue weighted by Crippen LogP contribution is 2.26. The van der Waals surface area contributed by atoms with Crippen LogP contribution in [0.15, 0.2) is 78.9 Å². The Morgan fingerprint density at radius 2 is 1.47 bits per heavy atom. The number of para-hydroxylation sites is 1. The number of amides is 1. The molecule has 1 fully saturated rings. The number of benzene rings is 3. The fourth-order valence-electron chi connectivity index (χ4n) is 4.13. The van der Waals surface area contributed by atoms with Crippen molar-refractivity contribution < 1.29 is 13.6 Å². The van der Waals surface area contributed by atoms with Gasteiger partial charge in [0.05, 0.1) is 17.1 Å². The minimum atomic E-state index is -0.416. The molecule has 2 heterocycles. The molecule has 0 unspecified atom stereocenters. The minimum absolute atomic E-state index is 0.224. The Bertz CT molecular complexity index is 1330. The summed E-state index contributed by atoms with van der Waals surface area (Å²) in [5, 5.41) is 5.12. The van der Waals surface area contributed by atoms with Crippen LogP contribution >= 0.6 is 11.6 Å². The lowest BCUT2D eigenvalue weighted by Crippen LogP contribution is -2.49. The summed E-state index contributed by atoms with van der Waals surface area (Å²) in [5.41, 5.74) is 2.16. The predicted octanol–water partition coefficient (Wildman–Crippen LogP) is 5.43. The maximum Gasteiger partial charge on any atom is 0.272 e. The summed E-state index contributed by atoms with van der Waals surface area (Å²) in [6, 6.07) is 21.5. The molecular formula is C26H21ClF2N4O. The first kappa shape index (κ1) is 22.1. The maximum atomic E-state index is 14.5. The zero-order valence-corrected chi connectivity index (χ0v) is 18.9. The summed E-state index contributed by atoms with van der Waals surface area (Å²) in [5.74, 6) is -0.920. The standard InChI is InChI=1S/C26H21ClF2N4O/c27-18-9-11-19(12-10-18)33-25(17-23(30-33)20-5-1-2-6-21(20)28)26(34)32-15-13-31(14-16-32)24-8-4-3-7-22(24)29/h1-12,17H,13-16H2. The van der Waals surface area contributed by atoms with Crippen LogP contribution in [0.5, 0.6) is 0 Å². The van der Waals surface area contributed by atoms with E-state index in [1.165, 1.54) is 16.8 Å². The lowest BCUT2D eigenvalue weighted by molar-refractivity contribution is 0.0737. The summed E-state index contributed by atoms with van der Waals surface area (Å²) in [4.78, 5) is 17.2. The van der Waals surface area contributed by atoms with Gasteiger partial charge in [0.1, 0.15) is 17.3 Å². The number of hydrogen-bond acceptors (Lipinski definition) is 3. The summed E-state index contributed by atoms with van der Waals surface area (Å²) in [7, 11) is 0. The van der Waals surface area contributed by atoms with E-state index >= 15 is 0 Å². The molecule has 0 spiro atoms. The summed E-state index contributed by atoms with van der Waals surface area (Å²) < 4.78 is 30.2. The fourth-order valence-corrected chi connectivity index (χ4v) is 4.26. The molecule has 1 saturated heterocycles. The van der Waals surface area contributed by atoms with Gasteiger partial charge in [-0.15, -0.1) is 0 Å². The van der Waals surface area contributed by atoms with Gasteiger partial charge in [-0.1, -0.05) is 35.9 Å². The zero-order chi connectivity index (χ0) is 23.7. The van der Waals surface area contributed by atoms with Crippen molar-refractivity contribution in [3.63, 3.8) is 0 Å². The summed E-state index contributed by atoms with van der Waals surface area (Å²) in [6.45, 7) is 1.85. The van der Waals surface area contributed by atoms with Crippen molar-refractivity contribution in [2.24, 2.45) is 0 Å². The molecule has 5 rings (SSSR count). The van der Waals surface area contributed by atoms with Crippen molar-refractivity contribution in [1.82, 2.24) is 14.7 Å². The van der Waals surface area contributed by atoms with Crippen LogP contribution < -0.4 is 4.90 Å². The molecule has 0 bridgehead atoms. The number of carbonyl (C=O) groups excluding carboxylic acids is 1. The maximum absolute atomic E-state index is 14.5. The van der Waals surface area contributed by atoms with Crippen LogP contribution in [-0.4, -0.2) is 46.8 Å². The molecule has 0 N–H and O–H groups in total. The van der Waals surface area contributed by atoms with Gasteiger partial charge in [0, 0.05) is 36.8 Å². The molecular weight excluding hydrogens is 458 g/mol. The van der Waals surface area contributed by atoms with Crippen LogP contribution in [0.1, 0.15) is 10.5 Å². The monoisotopic (exact) mass is 478 g/mol. The smallest absolute Gasteiger partial charge is 0.272 e. The molecule has 4 aromatic rings. The fraction of sp³-hybridized carbons (Fsp3) is 0.154. The van der Waals surface area contributed by atoms with Gasteiger partial charge in [-0.3, -0.25) is 4.79 Å². The highest BCUT2D eigenvalue weighted by atomic mass is 35.5. The third-order valence-electron chi connectivity index (χ3n) is 5.91. The van der Waals surface area contributed by atoms with Crippen LogP contribution in [0.25, 0.3) is 16.9 Å². The van der Waals surface area contributed by atoms with Gasteiger partial charge >= 0.3 is 0 Å². The van der Waals surface area contributed by atoms with E-state index in [1.807, 2.05) is 4.90 Å². The van der Waals surface area contributed by atoms with Gasteiger partial charge in [-0.25, -0.2) is 13.5 Å². The van der Waals surface area contributed by atoms with Gasteiger partial charge in [0.25, 0.3) is 5.91 Å². The van der Waals surface area contributed by atoms with Crippen molar-refractivity contribution in [2.45, 2.75) is 0 Å². The van der Waals surface area contributed by atoms with E-state index in [1.54, 1.807) is 71.6 Å². The zero-order valence-electron chi connectivity index (χ0n) is 18.2. The van der Waals surface area contributed by atoms with E-state index in [4.69, 9.17) is 11.6 Å². The highest BCUT2D eigenvalue weighted by molar-refractivity contribution is 6.30. The molecule has 1 aromatic heterocycles. The van der Waals surface area contributed by atoms with Crippen molar-refractivity contribution in [2.75, 3.05) is 31.1 Å². The number of piperazine rings is 1. The van der Waals surface area contributed by atoms with E-state index < -0.39 is 5.82 Å². The predicted molar refractivity (Wildman–Crippen MR) is 128 cm³/mol. The van der Waals surface area contributed by atoms with E-state index in [0.717, 1.165) is 0 Å². The van der Waals surface area contributed by atoms with Crippen LogP contribution in [-0.2, 0) is 0 Å². The third kappa shape index (κ3) is 4.26. The molecule has 3 aromatic carbocycles. The SMILES string of the molecule is O=C(c1cc(-c2ccccc2F)nn1-c1ccc(Cl)cc1)N1CCN(c2ccccc2F)CC1. The van der Waals surface area contributed by atoms with E-state index in [0.29, 0.717) is 59.5 Å². The summed E-state index contributed by atoms with van der Waals surface area (Å²) in [6.07, 6.45) is 0. The number of rotatable bonds is 4. The van der Waals surface area contributed by atoms with Crippen molar-refractivity contribution in [3.8, 4) is 16.9 Å². The lowest BCUT2D eigenvalue weighted by Gasteiger charge is -2.36. The molecule has 0 atom stereocenters. The Balaban J connectivity index is 1.45. The lowest BCUT2D eigenvalue weighted by atomic mass is 10.1.